The Balaban J connectivity index is 2.59. The van der Waals surface area contributed by atoms with Crippen molar-refractivity contribution in [2.24, 2.45) is 0 Å². The molecule has 0 aliphatic heterocycles. The third-order valence-corrected chi connectivity index (χ3v) is 2.70. The Hall–Kier alpha value is -1.35. The molecule has 1 N–H and O–H groups in total. The number of hydrogen-bond acceptors (Lipinski definition) is 2. The summed E-state index contributed by atoms with van der Waals surface area (Å²) in [5.74, 6) is -0.365. The number of carboxylic acid groups (broad SMARTS) is 1. The lowest BCUT2D eigenvalue weighted by molar-refractivity contribution is -0.138. The van der Waals surface area contributed by atoms with Gasteiger partial charge in [-0.25, -0.2) is 0 Å². The van der Waals surface area contributed by atoms with Crippen molar-refractivity contribution in [2.45, 2.75) is 19.3 Å². The minimum absolute atomic E-state index is 0.101. The first-order valence-electron chi connectivity index (χ1n) is 5.58. The highest BCUT2D eigenvalue weighted by molar-refractivity contribution is 5.69. The highest BCUT2D eigenvalue weighted by atomic mass is 16.4. The minimum atomic E-state index is -0.773. The molecule has 88 valence electrons. The van der Waals surface area contributed by atoms with Crippen LogP contribution in [-0.2, 0) is 4.79 Å². The predicted molar refractivity (Wildman–Crippen MR) is 64.6 cm³/mol. The molecule has 0 aliphatic carbocycles. The van der Waals surface area contributed by atoms with Crippen LogP contribution in [0, 0.1) is 0 Å². The third-order valence-electron chi connectivity index (χ3n) is 2.70. The summed E-state index contributed by atoms with van der Waals surface area (Å²) in [5.41, 5.74) is 1.28. The van der Waals surface area contributed by atoms with E-state index in [-0.39, 0.29) is 6.54 Å². The van der Waals surface area contributed by atoms with Crippen molar-refractivity contribution in [3.05, 3.63) is 35.9 Å². The molecule has 0 aromatic heterocycles. The highest BCUT2D eigenvalue weighted by Crippen LogP contribution is 2.19. The molecule has 1 aromatic carbocycles. The van der Waals surface area contributed by atoms with Gasteiger partial charge < -0.3 is 5.11 Å². The average Bonchev–Trinajstić information content (AvgIpc) is 2.26. The first kappa shape index (κ1) is 12.7. The molecule has 1 atom stereocenters. The molecule has 1 unspecified atom stereocenters. The summed E-state index contributed by atoms with van der Waals surface area (Å²) in [6, 6.07) is 10.2. The molecular weight excluding hydrogens is 202 g/mol. The Morgan fingerprint density at radius 1 is 1.38 bits per heavy atom. The van der Waals surface area contributed by atoms with Crippen LogP contribution in [0.2, 0.25) is 0 Å². The molecular formula is C13H19NO2. The zero-order chi connectivity index (χ0) is 12.0. The Morgan fingerprint density at radius 3 is 2.50 bits per heavy atom. The zero-order valence-corrected chi connectivity index (χ0v) is 9.89. The van der Waals surface area contributed by atoms with Crippen LogP contribution < -0.4 is 0 Å². The number of nitrogens with zero attached hydrogens (tertiary/aromatic N) is 1. The Labute approximate surface area is 96.7 Å². The second-order valence-corrected chi connectivity index (χ2v) is 4.11. The van der Waals surface area contributed by atoms with Crippen molar-refractivity contribution in [3.8, 4) is 0 Å². The SMILES string of the molecule is CCC(CN(C)CC(=O)O)c1ccccc1. The van der Waals surface area contributed by atoms with Crippen LogP contribution in [0.3, 0.4) is 0 Å². The van der Waals surface area contributed by atoms with Gasteiger partial charge >= 0.3 is 5.97 Å². The average molecular weight is 221 g/mol. The molecule has 0 saturated heterocycles. The van der Waals surface area contributed by atoms with Crippen LogP contribution >= 0.6 is 0 Å². The Kier molecular flexibility index (Phi) is 4.99. The molecule has 0 amide bonds. The van der Waals surface area contributed by atoms with Crippen molar-refractivity contribution >= 4 is 5.97 Å². The van der Waals surface area contributed by atoms with Gasteiger partial charge in [0, 0.05) is 6.54 Å². The lowest BCUT2D eigenvalue weighted by Gasteiger charge is -2.22. The van der Waals surface area contributed by atoms with Crippen LogP contribution in [0.1, 0.15) is 24.8 Å². The summed E-state index contributed by atoms with van der Waals surface area (Å²) >= 11 is 0. The van der Waals surface area contributed by atoms with Crippen molar-refractivity contribution in [1.29, 1.82) is 0 Å². The monoisotopic (exact) mass is 221 g/mol. The maximum atomic E-state index is 10.6. The molecule has 0 fully saturated rings. The van der Waals surface area contributed by atoms with Crippen LogP contribution in [0.15, 0.2) is 30.3 Å². The molecule has 0 spiro atoms. The maximum absolute atomic E-state index is 10.6. The van der Waals surface area contributed by atoms with Gasteiger partial charge in [0.25, 0.3) is 0 Å². The normalized spacial score (nSPS) is 12.7. The molecule has 16 heavy (non-hydrogen) atoms. The van der Waals surface area contributed by atoms with E-state index in [9.17, 15) is 4.79 Å². The maximum Gasteiger partial charge on any atom is 0.317 e. The van der Waals surface area contributed by atoms with Gasteiger partial charge in [-0.3, -0.25) is 9.69 Å². The van der Waals surface area contributed by atoms with Gasteiger partial charge in [0.15, 0.2) is 0 Å². The molecule has 3 heteroatoms. The number of likely N-dealkylation sites (N-methyl/N-ethyl adjacent to an activating group) is 1. The van der Waals surface area contributed by atoms with E-state index in [1.54, 1.807) is 0 Å². The summed E-state index contributed by atoms with van der Waals surface area (Å²) in [5, 5.41) is 8.70. The largest absolute Gasteiger partial charge is 0.480 e. The lowest BCUT2D eigenvalue weighted by atomic mass is 9.96. The number of carbonyl (C=O) groups is 1. The van der Waals surface area contributed by atoms with Gasteiger partial charge in [0.2, 0.25) is 0 Å². The van der Waals surface area contributed by atoms with Crippen molar-refractivity contribution < 1.29 is 9.90 Å². The molecule has 0 saturated carbocycles. The van der Waals surface area contributed by atoms with Gasteiger partial charge in [-0.05, 0) is 24.9 Å². The Bertz CT molecular complexity index is 324. The van der Waals surface area contributed by atoms with E-state index in [1.165, 1.54) is 5.56 Å². The second-order valence-electron chi connectivity index (χ2n) is 4.11. The standard InChI is InChI=1S/C13H19NO2/c1-3-11(9-14(2)10-13(15)16)12-7-5-4-6-8-12/h4-8,11H,3,9-10H2,1-2H3,(H,15,16). The quantitative estimate of drug-likeness (QED) is 0.800. The lowest BCUT2D eigenvalue weighted by Crippen LogP contribution is -2.29. The molecule has 1 aromatic rings. The first-order valence-corrected chi connectivity index (χ1v) is 5.58. The zero-order valence-electron chi connectivity index (χ0n) is 9.89. The third kappa shape index (κ3) is 4.03. The fourth-order valence-corrected chi connectivity index (χ4v) is 1.87. The van der Waals surface area contributed by atoms with Crippen LogP contribution in [0.5, 0.6) is 0 Å². The van der Waals surface area contributed by atoms with E-state index in [0.29, 0.717) is 5.92 Å². The van der Waals surface area contributed by atoms with E-state index < -0.39 is 5.97 Å². The summed E-state index contributed by atoms with van der Waals surface area (Å²) in [4.78, 5) is 12.4. The Morgan fingerprint density at radius 2 is 2.00 bits per heavy atom. The number of aliphatic carboxylic acids is 1. The van der Waals surface area contributed by atoms with Gasteiger partial charge in [0.1, 0.15) is 0 Å². The highest BCUT2D eigenvalue weighted by Gasteiger charge is 2.13. The minimum Gasteiger partial charge on any atom is -0.480 e. The number of benzene rings is 1. The van der Waals surface area contributed by atoms with Crippen LogP contribution in [-0.4, -0.2) is 36.1 Å². The molecule has 1 rings (SSSR count). The fourth-order valence-electron chi connectivity index (χ4n) is 1.87. The molecule has 0 bridgehead atoms. The molecule has 3 nitrogen and oxygen atoms in total. The predicted octanol–water partition coefficient (Wildman–Crippen LogP) is 2.20. The van der Waals surface area contributed by atoms with Gasteiger partial charge in [-0.2, -0.15) is 0 Å². The van der Waals surface area contributed by atoms with Crippen molar-refractivity contribution in [1.82, 2.24) is 4.90 Å². The van der Waals surface area contributed by atoms with E-state index in [1.807, 2.05) is 30.1 Å². The summed E-state index contributed by atoms with van der Waals surface area (Å²) in [7, 11) is 1.85. The van der Waals surface area contributed by atoms with Crippen molar-refractivity contribution in [3.63, 3.8) is 0 Å². The fraction of sp³-hybridized carbons (Fsp3) is 0.462. The van der Waals surface area contributed by atoms with Gasteiger partial charge in [-0.1, -0.05) is 37.3 Å². The summed E-state index contributed by atoms with van der Waals surface area (Å²) in [6.45, 7) is 3.02. The van der Waals surface area contributed by atoms with Gasteiger partial charge in [-0.15, -0.1) is 0 Å². The van der Waals surface area contributed by atoms with Crippen molar-refractivity contribution in [2.75, 3.05) is 20.1 Å². The van der Waals surface area contributed by atoms with E-state index in [2.05, 4.69) is 19.1 Å². The topological polar surface area (TPSA) is 40.5 Å². The summed E-state index contributed by atoms with van der Waals surface area (Å²) in [6.07, 6.45) is 1.02. The number of hydrogen-bond donors (Lipinski definition) is 1. The van der Waals surface area contributed by atoms with E-state index in [0.717, 1.165) is 13.0 Å². The number of carboxylic acids is 1. The first-order chi connectivity index (χ1) is 7.63. The molecule has 0 aliphatic rings. The van der Waals surface area contributed by atoms with Gasteiger partial charge in [0.05, 0.1) is 6.54 Å². The van der Waals surface area contributed by atoms with Crippen LogP contribution in [0.25, 0.3) is 0 Å². The molecule has 0 heterocycles. The van der Waals surface area contributed by atoms with E-state index >= 15 is 0 Å². The van der Waals surface area contributed by atoms with E-state index in [4.69, 9.17) is 5.11 Å². The second kappa shape index (κ2) is 6.28. The smallest absolute Gasteiger partial charge is 0.317 e. The van der Waals surface area contributed by atoms with Crippen LogP contribution in [0.4, 0.5) is 0 Å². The summed E-state index contributed by atoms with van der Waals surface area (Å²) < 4.78 is 0. The number of rotatable bonds is 6. The molecule has 0 radical (unpaired) electrons.